The third-order valence-corrected chi connectivity index (χ3v) is 6.55. The van der Waals surface area contributed by atoms with E-state index < -0.39 is 10.0 Å². The molecule has 2 aromatic rings. The molecule has 1 amide bonds. The molecule has 2 N–H and O–H groups in total. The molecule has 1 aromatic carbocycles. The van der Waals surface area contributed by atoms with Crippen molar-refractivity contribution in [2.75, 3.05) is 11.9 Å². The molecule has 0 aliphatic carbocycles. The Morgan fingerprint density at radius 1 is 1.15 bits per heavy atom. The molecule has 3 rings (SSSR count). The number of benzene rings is 1. The quantitative estimate of drug-likeness (QED) is 0.770. The zero-order chi connectivity index (χ0) is 19.1. The first kappa shape index (κ1) is 19.6. The molecule has 0 bridgehead atoms. The maximum absolute atomic E-state index is 12.6. The summed E-state index contributed by atoms with van der Waals surface area (Å²) in [5.74, 6) is 0.372. The SMILES string of the molecule is O=C(CCc1cccs1)Nc1cccc(S(=O)(=O)NC2=NCCCCC2)c1. The van der Waals surface area contributed by atoms with Crippen molar-refractivity contribution in [3.63, 3.8) is 0 Å². The highest BCUT2D eigenvalue weighted by atomic mass is 32.2. The van der Waals surface area contributed by atoms with Crippen molar-refractivity contribution in [2.45, 2.75) is 43.4 Å². The lowest BCUT2D eigenvalue weighted by Gasteiger charge is -2.11. The Hall–Kier alpha value is -2.19. The Morgan fingerprint density at radius 2 is 2.04 bits per heavy atom. The van der Waals surface area contributed by atoms with Gasteiger partial charge in [-0.2, -0.15) is 0 Å². The lowest BCUT2D eigenvalue weighted by molar-refractivity contribution is -0.116. The molecule has 8 heteroatoms. The van der Waals surface area contributed by atoms with Gasteiger partial charge >= 0.3 is 0 Å². The van der Waals surface area contributed by atoms with Gasteiger partial charge in [-0.1, -0.05) is 18.6 Å². The number of anilines is 1. The van der Waals surface area contributed by atoms with E-state index in [1.807, 2.05) is 17.5 Å². The van der Waals surface area contributed by atoms with E-state index >= 15 is 0 Å². The molecule has 0 fully saturated rings. The summed E-state index contributed by atoms with van der Waals surface area (Å²) < 4.78 is 27.8. The predicted molar refractivity (Wildman–Crippen MR) is 109 cm³/mol. The van der Waals surface area contributed by atoms with Crippen LogP contribution in [0.2, 0.25) is 0 Å². The molecule has 0 radical (unpaired) electrons. The van der Waals surface area contributed by atoms with Gasteiger partial charge in [-0.25, -0.2) is 8.42 Å². The molecule has 27 heavy (non-hydrogen) atoms. The summed E-state index contributed by atoms with van der Waals surface area (Å²) in [6.45, 7) is 0.651. The van der Waals surface area contributed by atoms with Crippen LogP contribution < -0.4 is 10.0 Å². The van der Waals surface area contributed by atoms with Crippen LogP contribution in [0.5, 0.6) is 0 Å². The van der Waals surface area contributed by atoms with Crippen LogP contribution in [0, 0.1) is 0 Å². The van der Waals surface area contributed by atoms with Gasteiger partial charge < -0.3 is 5.32 Å². The molecule has 0 atom stereocenters. The van der Waals surface area contributed by atoms with E-state index in [0.29, 0.717) is 37.3 Å². The molecule has 1 aliphatic rings. The Kier molecular flexibility index (Phi) is 6.63. The van der Waals surface area contributed by atoms with E-state index in [4.69, 9.17) is 0 Å². The normalized spacial score (nSPS) is 14.9. The Bertz CT molecular complexity index is 906. The Balaban J connectivity index is 1.63. The summed E-state index contributed by atoms with van der Waals surface area (Å²) >= 11 is 1.62. The number of hydrogen-bond donors (Lipinski definition) is 2. The zero-order valence-corrected chi connectivity index (χ0v) is 16.6. The van der Waals surface area contributed by atoms with Crippen LogP contribution in [0.4, 0.5) is 5.69 Å². The molecule has 0 saturated carbocycles. The molecule has 144 valence electrons. The fraction of sp³-hybridized carbons (Fsp3) is 0.368. The molecular weight excluding hydrogens is 382 g/mol. The van der Waals surface area contributed by atoms with Gasteiger partial charge in [0, 0.05) is 30.0 Å². The summed E-state index contributed by atoms with van der Waals surface area (Å²) in [6.07, 6.45) is 4.63. The van der Waals surface area contributed by atoms with Crippen molar-refractivity contribution in [3.8, 4) is 0 Å². The summed E-state index contributed by atoms with van der Waals surface area (Å²) in [7, 11) is -3.71. The topological polar surface area (TPSA) is 87.6 Å². The molecule has 0 unspecified atom stereocenters. The van der Waals surface area contributed by atoms with Crippen LogP contribution in [0.3, 0.4) is 0 Å². The fourth-order valence-corrected chi connectivity index (χ4v) is 4.67. The largest absolute Gasteiger partial charge is 0.326 e. The van der Waals surface area contributed by atoms with E-state index in [2.05, 4.69) is 15.0 Å². The average Bonchev–Trinajstić information content (AvgIpc) is 3.04. The highest BCUT2D eigenvalue weighted by Gasteiger charge is 2.18. The predicted octanol–water partition coefficient (Wildman–Crippen LogP) is 3.57. The third kappa shape index (κ3) is 5.90. The number of nitrogens with one attached hydrogen (secondary N) is 2. The summed E-state index contributed by atoms with van der Waals surface area (Å²) in [5, 5.41) is 4.75. The molecule has 1 aliphatic heterocycles. The highest BCUT2D eigenvalue weighted by molar-refractivity contribution is 7.90. The summed E-state index contributed by atoms with van der Waals surface area (Å²) in [6, 6.07) is 10.2. The van der Waals surface area contributed by atoms with Crippen molar-refractivity contribution in [1.29, 1.82) is 0 Å². The van der Waals surface area contributed by atoms with E-state index in [-0.39, 0.29) is 10.8 Å². The number of carbonyl (C=O) groups is 1. The second-order valence-corrected chi connectivity index (χ2v) is 9.11. The number of hydrogen-bond acceptors (Lipinski definition) is 5. The number of sulfonamides is 1. The highest BCUT2D eigenvalue weighted by Crippen LogP contribution is 2.17. The Labute approximate surface area is 163 Å². The number of rotatable bonds is 6. The minimum Gasteiger partial charge on any atom is -0.326 e. The fourth-order valence-electron chi connectivity index (χ4n) is 2.83. The van der Waals surface area contributed by atoms with E-state index in [9.17, 15) is 13.2 Å². The van der Waals surface area contributed by atoms with Gasteiger partial charge in [-0.3, -0.25) is 14.5 Å². The maximum Gasteiger partial charge on any atom is 0.262 e. The van der Waals surface area contributed by atoms with Crippen molar-refractivity contribution in [3.05, 3.63) is 46.7 Å². The lowest BCUT2D eigenvalue weighted by atomic mass is 10.2. The minimum absolute atomic E-state index is 0.116. The van der Waals surface area contributed by atoms with Crippen molar-refractivity contribution < 1.29 is 13.2 Å². The number of aryl methyl sites for hydroxylation is 1. The average molecular weight is 406 g/mol. The molecular formula is C19H23N3O3S2. The first-order chi connectivity index (χ1) is 13.0. The van der Waals surface area contributed by atoms with Crippen LogP contribution in [0.15, 0.2) is 51.7 Å². The Morgan fingerprint density at radius 3 is 2.85 bits per heavy atom. The molecule has 6 nitrogen and oxygen atoms in total. The van der Waals surface area contributed by atoms with Gasteiger partial charge in [0.2, 0.25) is 5.91 Å². The van der Waals surface area contributed by atoms with Gasteiger partial charge in [0.1, 0.15) is 5.84 Å². The minimum atomic E-state index is -3.71. The van der Waals surface area contributed by atoms with E-state index in [1.165, 1.54) is 12.1 Å². The van der Waals surface area contributed by atoms with E-state index in [1.54, 1.807) is 23.5 Å². The summed E-state index contributed by atoms with van der Waals surface area (Å²) in [5.41, 5.74) is 0.469. The number of amidine groups is 1. The monoisotopic (exact) mass is 405 g/mol. The zero-order valence-electron chi connectivity index (χ0n) is 15.0. The van der Waals surface area contributed by atoms with Gasteiger partial charge in [-0.15, -0.1) is 11.3 Å². The molecule has 2 heterocycles. The van der Waals surface area contributed by atoms with Crippen LogP contribution in [-0.2, 0) is 21.2 Å². The van der Waals surface area contributed by atoms with Crippen molar-refractivity contribution in [1.82, 2.24) is 4.72 Å². The summed E-state index contributed by atoms with van der Waals surface area (Å²) in [4.78, 5) is 17.7. The second-order valence-electron chi connectivity index (χ2n) is 6.40. The third-order valence-electron chi connectivity index (χ3n) is 4.23. The van der Waals surface area contributed by atoms with Crippen LogP contribution in [0.1, 0.15) is 37.0 Å². The van der Waals surface area contributed by atoms with Crippen LogP contribution in [0.25, 0.3) is 0 Å². The first-order valence-electron chi connectivity index (χ1n) is 9.01. The maximum atomic E-state index is 12.6. The number of nitrogens with zero attached hydrogens (tertiary/aromatic N) is 1. The lowest BCUT2D eigenvalue weighted by Crippen LogP contribution is -2.30. The van der Waals surface area contributed by atoms with Crippen LogP contribution >= 0.6 is 11.3 Å². The first-order valence-corrected chi connectivity index (χ1v) is 11.4. The second kappa shape index (κ2) is 9.14. The van der Waals surface area contributed by atoms with E-state index in [0.717, 1.165) is 24.1 Å². The number of amides is 1. The number of carbonyl (C=O) groups excluding carboxylic acids is 1. The standard InChI is InChI=1S/C19H23N3O3S2/c23-19(11-10-16-7-5-13-26-16)21-15-6-4-8-17(14-15)27(24,25)22-18-9-2-1-3-12-20-18/h4-8,13-14H,1-3,9-12H2,(H,20,22)(H,21,23). The molecule has 1 aromatic heterocycles. The molecule has 0 saturated heterocycles. The number of thiophene rings is 1. The van der Waals surface area contributed by atoms with Gasteiger partial charge in [0.05, 0.1) is 4.90 Å². The van der Waals surface area contributed by atoms with Gasteiger partial charge in [0.25, 0.3) is 10.0 Å². The van der Waals surface area contributed by atoms with Gasteiger partial charge in [0.15, 0.2) is 0 Å². The smallest absolute Gasteiger partial charge is 0.262 e. The number of aliphatic imine (C=N–C) groups is 1. The van der Waals surface area contributed by atoms with Crippen molar-refractivity contribution >= 4 is 38.8 Å². The van der Waals surface area contributed by atoms with Gasteiger partial charge in [-0.05, 0) is 48.9 Å². The molecule has 0 spiro atoms. The van der Waals surface area contributed by atoms with Crippen LogP contribution in [-0.4, -0.2) is 26.7 Å². The van der Waals surface area contributed by atoms with Crippen molar-refractivity contribution in [2.24, 2.45) is 4.99 Å².